The van der Waals surface area contributed by atoms with Crippen LogP contribution in [0.15, 0.2) is 4.47 Å². The first-order valence-corrected chi connectivity index (χ1v) is 8.73. The molecule has 0 bridgehead atoms. The van der Waals surface area contributed by atoms with Crippen LogP contribution in [-0.4, -0.2) is 59.5 Å². The van der Waals surface area contributed by atoms with Crippen LogP contribution in [0.4, 0.5) is 0 Å². The van der Waals surface area contributed by atoms with E-state index in [9.17, 15) is 0 Å². The third-order valence-electron chi connectivity index (χ3n) is 4.01. The number of nitrogens with zero attached hydrogens (tertiary/aromatic N) is 3. The van der Waals surface area contributed by atoms with Gasteiger partial charge in [0.2, 0.25) is 0 Å². The molecular formula is C15H25BrN4S. The van der Waals surface area contributed by atoms with Crippen molar-refractivity contribution in [2.75, 3.05) is 33.7 Å². The SMILES string of the molecule is CC(C)Cc1[nH]c(CC2CN(C)CCN2C)nc(=S)c1Br. The van der Waals surface area contributed by atoms with Crippen LogP contribution in [0.3, 0.4) is 0 Å². The Morgan fingerprint density at radius 1 is 1.38 bits per heavy atom. The molecule has 1 aromatic rings. The second-order valence-corrected chi connectivity index (χ2v) is 7.66. The lowest BCUT2D eigenvalue weighted by atomic mass is 10.1. The van der Waals surface area contributed by atoms with E-state index in [4.69, 9.17) is 12.2 Å². The van der Waals surface area contributed by atoms with E-state index in [1.807, 2.05) is 0 Å². The summed E-state index contributed by atoms with van der Waals surface area (Å²) in [7, 11) is 4.38. The van der Waals surface area contributed by atoms with Crippen LogP contribution in [0.1, 0.15) is 25.4 Å². The maximum absolute atomic E-state index is 5.40. The molecule has 1 aromatic heterocycles. The van der Waals surface area contributed by atoms with Gasteiger partial charge in [0.25, 0.3) is 0 Å². The molecule has 2 heterocycles. The Morgan fingerprint density at radius 2 is 2.10 bits per heavy atom. The molecule has 0 aliphatic carbocycles. The first-order chi connectivity index (χ1) is 9.86. The molecule has 6 heteroatoms. The maximum atomic E-state index is 5.40. The first kappa shape index (κ1) is 17.1. The first-order valence-electron chi connectivity index (χ1n) is 7.53. The molecule has 1 aliphatic heterocycles. The van der Waals surface area contributed by atoms with Crippen LogP contribution < -0.4 is 0 Å². The third-order valence-corrected chi connectivity index (χ3v) is 5.42. The van der Waals surface area contributed by atoms with Gasteiger partial charge in [-0.2, -0.15) is 0 Å². The van der Waals surface area contributed by atoms with E-state index >= 15 is 0 Å². The van der Waals surface area contributed by atoms with Gasteiger partial charge in [-0.05, 0) is 42.4 Å². The monoisotopic (exact) mass is 372 g/mol. The lowest BCUT2D eigenvalue weighted by Crippen LogP contribution is -2.51. The van der Waals surface area contributed by atoms with E-state index in [-0.39, 0.29) is 0 Å². The van der Waals surface area contributed by atoms with Crippen LogP contribution in [0.25, 0.3) is 0 Å². The van der Waals surface area contributed by atoms with Crippen molar-refractivity contribution in [1.29, 1.82) is 0 Å². The largest absolute Gasteiger partial charge is 0.346 e. The van der Waals surface area contributed by atoms with Crippen molar-refractivity contribution in [1.82, 2.24) is 19.8 Å². The predicted octanol–water partition coefficient (Wildman–Crippen LogP) is 2.89. The molecule has 1 atom stereocenters. The fourth-order valence-corrected chi connectivity index (χ4v) is 3.33. The highest BCUT2D eigenvalue weighted by molar-refractivity contribution is 9.10. The molecule has 1 unspecified atom stereocenters. The van der Waals surface area contributed by atoms with Crippen molar-refractivity contribution in [3.8, 4) is 0 Å². The standard InChI is InChI=1S/C15H25BrN4S/c1-10(2)7-12-14(16)15(21)18-13(17-12)8-11-9-19(3)5-6-20(11)4/h10-11H,5-9H2,1-4H3,(H,17,18,21). The number of H-pyrrole nitrogens is 1. The van der Waals surface area contributed by atoms with Gasteiger partial charge in [0.1, 0.15) is 10.5 Å². The summed E-state index contributed by atoms with van der Waals surface area (Å²) in [6.07, 6.45) is 1.91. The Balaban J connectivity index is 2.19. The molecule has 0 aromatic carbocycles. The third kappa shape index (κ3) is 4.58. The van der Waals surface area contributed by atoms with Gasteiger partial charge in [-0.1, -0.05) is 26.1 Å². The normalized spacial score (nSPS) is 21.1. The summed E-state index contributed by atoms with van der Waals surface area (Å²) in [4.78, 5) is 12.9. The zero-order valence-electron chi connectivity index (χ0n) is 13.3. The van der Waals surface area contributed by atoms with Crippen LogP contribution in [0.2, 0.25) is 0 Å². The average molecular weight is 373 g/mol. The molecular weight excluding hydrogens is 348 g/mol. The fourth-order valence-electron chi connectivity index (χ4n) is 2.75. The molecule has 21 heavy (non-hydrogen) atoms. The van der Waals surface area contributed by atoms with E-state index in [1.54, 1.807) is 0 Å². The lowest BCUT2D eigenvalue weighted by molar-refractivity contribution is 0.113. The van der Waals surface area contributed by atoms with Crippen molar-refractivity contribution in [2.45, 2.75) is 32.7 Å². The van der Waals surface area contributed by atoms with E-state index < -0.39 is 0 Å². The van der Waals surface area contributed by atoms with Crippen LogP contribution in [0, 0.1) is 10.6 Å². The van der Waals surface area contributed by atoms with E-state index in [0.717, 1.165) is 42.8 Å². The summed E-state index contributed by atoms with van der Waals surface area (Å²) >= 11 is 8.97. The minimum atomic E-state index is 0.495. The average Bonchev–Trinajstić information content (AvgIpc) is 2.39. The Morgan fingerprint density at radius 3 is 2.76 bits per heavy atom. The molecule has 4 nitrogen and oxygen atoms in total. The van der Waals surface area contributed by atoms with E-state index in [1.165, 1.54) is 5.69 Å². The summed E-state index contributed by atoms with van der Waals surface area (Å²) < 4.78 is 1.62. The number of aromatic nitrogens is 2. The molecule has 1 saturated heterocycles. The molecule has 1 aliphatic rings. The number of rotatable bonds is 4. The van der Waals surface area contributed by atoms with Gasteiger partial charge in [-0.15, -0.1) is 0 Å². The predicted molar refractivity (Wildman–Crippen MR) is 93.3 cm³/mol. The number of hydrogen-bond donors (Lipinski definition) is 1. The summed E-state index contributed by atoms with van der Waals surface area (Å²) in [5.74, 6) is 1.59. The van der Waals surface area contributed by atoms with Gasteiger partial charge in [-0.25, -0.2) is 4.98 Å². The zero-order chi connectivity index (χ0) is 15.6. The van der Waals surface area contributed by atoms with Crippen molar-refractivity contribution in [2.24, 2.45) is 5.92 Å². The van der Waals surface area contributed by atoms with Gasteiger partial charge in [-0.3, -0.25) is 0 Å². The summed E-state index contributed by atoms with van der Waals surface area (Å²) in [6.45, 7) is 7.75. The smallest absolute Gasteiger partial charge is 0.144 e. The van der Waals surface area contributed by atoms with E-state index in [2.05, 4.69) is 63.6 Å². The molecule has 0 radical (unpaired) electrons. The van der Waals surface area contributed by atoms with Crippen molar-refractivity contribution in [3.05, 3.63) is 20.6 Å². The van der Waals surface area contributed by atoms with Gasteiger partial charge in [0.05, 0.1) is 4.47 Å². The quantitative estimate of drug-likeness (QED) is 0.824. The second-order valence-electron chi connectivity index (χ2n) is 6.48. The maximum Gasteiger partial charge on any atom is 0.144 e. The van der Waals surface area contributed by atoms with Crippen molar-refractivity contribution >= 4 is 28.1 Å². The number of likely N-dealkylation sites (N-methyl/N-ethyl adjacent to an activating group) is 2. The highest BCUT2D eigenvalue weighted by atomic mass is 79.9. The highest BCUT2D eigenvalue weighted by Gasteiger charge is 2.23. The molecule has 0 amide bonds. The minimum Gasteiger partial charge on any atom is -0.346 e. The number of aromatic amines is 1. The molecule has 1 fully saturated rings. The van der Waals surface area contributed by atoms with Gasteiger partial charge in [0.15, 0.2) is 0 Å². The van der Waals surface area contributed by atoms with Crippen molar-refractivity contribution in [3.63, 3.8) is 0 Å². The molecule has 118 valence electrons. The number of halogens is 1. The van der Waals surface area contributed by atoms with Crippen LogP contribution in [0.5, 0.6) is 0 Å². The fraction of sp³-hybridized carbons (Fsp3) is 0.733. The number of piperazine rings is 1. The molecule has 2 rings (SSSR count). The second kappa shape index (κ2) is 7.31. The van der Waals surface area contributed by atoms with Gasteiger partial charge in [0, 0.05) is 37.8 Å². The van der Waals surface area contributed by atoms with E-state index in [0.29, 0.717) is 16.6 Å². The summed E-state index contributed by atoms with van der Waals surface area (Å²) in [6, 6.07) is 0.495. The zero-order valence-corrected chi connectivity index (χ0v) is 15.7. The van der Waals surface area contributed by atoms with Crippen molar-refractivity contribution < 1.29 is 0 Å². The van der Waals surface area contributed by atoms with Crippen LogP contribution in [-0.2, 0) is 12.8 Å². The Kier molecular flexibility index (Phi) is 5.94. The Hall–Kier alpha value is -0.300. The van der Waals surface area contributed by atoms with Gasteiger partial charge < -0.3 is 14.8 Å². The topological polar surface area (TPSA) is 35.2 Å². The van der Waals surface area contributed by atoms with Crippen LogP contribution >= 0.6 is 28.1 Å². The summed E-state index contributed by atoms with van der Waals surface area (Å²) in [5.41, 5.74) is 1.17. The number of nitrogens with one attached hydrogen (secondary N) is 1. The Bertz CT molecular complexity index is 543. The minimum absolute atomic E-state index is 0.495. The Labute approximate surface area is 141 Å². The molecule has 0 saturated carbocycles. The number of hydrogen-bond acceptors (Lipinski definition) is 4. The van der Waals surface area contributed by atoms with Gasteiger partial charge >= 0.3 is 0 Å². The lowest BCUT2D eigenvalue weighted by Gasteiger charge is -2.37. The highest BCUT2D eigenvalue weighted by Crippen LogP contribution is 2.20. The molecule has 1 N–H and O–H groups in total. The summed E-state index contributed by atoms with van der Waals surface area (Å²) in [5, 5.41) is 0. The molecule has 0 spiro atoms.